The van der Waals surface area contributed by atoms with Crippen LogP contribution >= 0.6 is 0 Å². The number of amides is 1. The fourth-order valence-electron chi connectivity index (χ4n) is 1.26. The molecule has 0 aliphatic heterocycles. The number of carbonyl (C=O) groups excluding carboxylic acids is 1. The van der Waals surface area contributed by atoms with E-state index in [9.17, 15) is 9.18 Å². The van der Waals surface area contributed by atoms with Crippen molar-refractivity contribution < 1.29 is 18.7 Å². The van der Waals surface area contributed by atoms with Gasteiger partial charge in [0.15, 0.2) is 0 Å². The number of methoxy groups -OCH3 is 1. The fourth-order valence-corrected chi connectivity index (χ4v) is 1.26. The van der Waals surface area contributed by atoms with Crippen LogP contribution in [-0.2, 0) is 14.3 Å². The van der Waals surface area contributed by atoms with Gasteiger partial charge in [-0.1, -0.05) is 12.1 Å². The summed E-state index contributed by atoms with van der Waals surface area (Å²) >= 11 is 0. The Morgan fingerprint density at radius 3 is 2.69 bits per heavy atom. The Hall–Kier alpha value is -1.46. The predicted molar refractivity (Wildman–Crippen MR) is 56.2 cm³/mol. The smallest absolute Gasteiger partial charge is 0.207 e. The molecule has 0 saturated carbocycles. The number of ether oxygens (including phenoxy) is 2. The van der Waals surface area contributed by atoms with Gasteiger partial charge in [0.25, 0.3) is 0 Å². The maximum Gasteiger partial charge on any atom is 0.207 e. The average molecular weight is 227 g/mol. The van der Waals surface area contributed by atoms with E-state index in [1.165, 1.54) is 19.2 Å². The molecule has 88 valence electrons. The third-order valence-electron chi connectivity index (χ3n) is 2.02. The molecular formula is C11H14FNO3. The lowest BCUT2D eigenvalue weighted by Crippen LogP contribution is -2.22. The first-order chi connectivity index (χ1) is 7.77. The normalized spacial score (nSPS) is 12.1. The zero-order valence-electron chi connectivity index (χ0n) is 8.98. The highest BCUT2D eigenvalue weighted by Crippen LogP contribution is 2.16. The molecule has 4 nitrogen and oxygen atoms in total. The second-order valence-electron chi connectivity index (χ2n) is 3.14. The highest BCUT2D eigenvalue weighted by Gasteiger charge is 2.11. The zero-order valence-corrected chi connectivity index (χ0v) is 8.98. The summed E-state index contributed by atoms with van der Waals surface area (Å²) in [5, 5.41) is 2.52. The number of nitrogens with one attached hydrogen (secondary N) is 1. The topological polar surface area (TPSA) is 47.6 Å². The molecule has 0 aliphatic carbocycles. The molecular weight excluding hydrogens is 213 g/mol. The van der Waals surface area contributed by atoms with E-state index in [1.807, 2.05) is 0 Å². The van der Waals surface area contributed by atoms with Gasteiger partial charge in [-0.25, -0.2) is 4.39 Å². The molecule has 0 radical (unpaired) electrons. The van der Waals surface area contributed by atoms with Gasteiger partial charge in [-0.05, 0) is 17.7 Å². The number of halogens is 1. The second-order valence-corrected chi connectivity index (χ2v) is 3.14. The Morgan fingerprint density at radius 1 is 1.44 bits per heavy atom. The summed E-state index contributed by atoms with van der Waals surface area (Å²) in [6.07, 6.45) is 0.248. The molecule has 1 rings (SSSR count). The summed E-state index contributed by atoms with van der Waals surface area (Å²) in [5.41, 5.74) is 0.785. The Balaban J connectivity index is 2.66. The maximum atomic E-state index is 12.7. The van der Waals surface area contributed by atoms with Crippen LogP contribution in [0.2, 0.25) is 0 Å². The fraction of sp³-hybridized carbons (Fsp3) is 0.364. The van der Waals surface area contributed by atoms with E-state index in [0.29, 0.717) is 13.0 Å². The van der Waals surface area contributed by atoms with Gasteiger partial charge >= 0.3 is 0 Å². The van der Waals surface area contributed by atoms with Gasteiger partial charge in [0.2, 0.25) is 6.41 Å². The quantitative estimate of drug-likeness (QED) is 0.563. The number of hydrogen-bond donors (Lipinski definition) is 1. The molecule has 1 aromatic carbocycles. The van der Waals surface area contributed by atoms with Gasteiger partial charge in [-0.15, -0.1) is 0 Å². The molecule has 1 aromatic rings. The van der Waals surface area contributed by atoms with Crippen LogP contribution in [0.1, 0.15) is 11.7 Å². The molecule has 1 unspecified atom stereocenters. The summed E-state index contributed by atoms with van der Waals surface area (Å²) < 4.78 is 22.9. The molecule has 0 aliphatic rings. The number of hydrogen-bond acceptors (Lipinski definition) is 3. The van der Waals surface area contributed by atoms with Crippen molar-refractivity contribution in [3.8, 4) is 0 Å². The zero-order chi connectivity index (χ0) is 11.8. The lowest BCUT2D eigenvalue weighted by Gasteiger charge is -2.17. The van der Waals surface area contributed by atoms with E-state index in [2.05, 4.69) is 5.32 Å². The van der Waals surface area contributed by atoms with Crippen molar-refractivity contribution in [1.29, 1.82) is 0 Å². The molecule has 1 amide bonds. The van der Waals surface area contributed by atoms with E-state index in [0.717, 1.165) is 5.56 Å². The van der Waals surface area contributed by atoms with Crippen molar-refractivity contribution in [2.75, 3.05) is 20.4 Å². The minimum absolute atomic E-state index is 0.114. The summed E-state index contributed by atoms with van der Waals surface area (Å²) in [5.74, 6) is -0.308. The van der Waals surface area contributed by atoms with Gasteiger partial charge < -0.3 is 14.8 Å². The lowest BCUT2D eigenvalue weighted by molar-refractivity contribution is -0.111. The van der Waals surface area contributed by atoms with E-state index in [4.69, 9.17) is 9.47 Å². The standard InChI is InChI=1S/C11H14FNO3/c1-15-8-16-11(6-13-7-14)9-2-4-10(12)5-3-9/h2-5,7,11H,6,8H2,1H3,(H,13,14). The minimum atomic E-state index is -0.342. The molecule has 0 spiro atoms. The van der Waals surface area contributed by atoms with Gasteiger partial charge in [0, 0.05) is 13.7 Å². The molecule has 0 bridgehead atoms. The van der Waals surface area contributed by atoms with Crippen molar-refractivity contribution in [3.63, 3.8) is 0 Å². The van der Waals surface area contributed by atoms with Crippen LogP contribution in [0.5, 0.6) is 0 Å². The van der Waals surface area contributed by atoms with Gasteiger partial charge in [0.05, 0.1) is 0 Å². The molecule has 1 N–H and O–H groups in total. The Bertz CT molecular complexity index is 316. The average Bonchev–Trinajstić information content (AvgIpc) is 2.31. The third-order valence-corrected chi connectivity index (χ3v) is 2.02. The van der Waals surface area contributed by atoms with Gasteiger partial charge in [0.1, 0.15) is 18.7 Å². The first kappa shape index (κ1) is 12.6. The second kappa shape index (κ2) is 6.92. The summed E-state index contributed by atoms with van der Waals surface area (Å²) in [4.78, 5) is 10.2. The first-order valence-corrected chi connectivity index (χ1v) is 4.81. The van der Waals surface area contributed by atoms with E-state index in [1.54, 1.807) is 12.1 Å². The van der Waals surface area contributed by atoms with Crippen LogP contribution in [0.3, 0.4) is 0 Å². The van der Waals surface area contributed by atoms with Crippen LogP contribution in [0, 0.1) is 5.82 Å². The SMILES string of the molecule is COCOC(CNC=O)c1ccc(F)cc1. The van der Waals surface area contributed by atoms with Crippen molar-refractivity contribution in [3.05, 3.63) is 35.6 Å². The van der Waals surface area contributed by atoms with E-state index >= 15 is 0 Å². The lowest BCUT2D eigenvalue weighted by atomic mass is 10.1. The number of rotatable bonds is 7. The van der Waals surface area contributed by atoms with Crippen LogP contribution < -0.4 is 5.32 Å². The van der Waals surface area contributed by atoms with Crippen LogP contribution in [0.4, 0.5) is 4.39 Å². The highest BCUT2D eigenvalue weighted by atomic mass is 19.1. The molecule has 0 saturated heterocycles. The van der Waals surface area contributed by atoms with Crippen LogP contribution in [-0.4, -0.2) is 26.9 Å². The van der Waals surface area contributed by atoms with Crippen molar-refractivity contribution in [1.82, 2.24) is 5.32 Å². The summed E-state index contributed by atoms with van der Waals surface area (Å²) in [6.45, 7) is 0.432. The van der Waals surface area contributed by atoms with E-state index < -0.39 is 0 Å². The summed E-state index contributed by atoms with van der Waals surface area (Å²) in [7, 11) is 1.51. The van der Waals surface area contributed by atoms with E-state index in [-0.39, 0.29) is 18.7 Å². The van der Waals surface area contributed by atoms with Crippen LogP contribution in [0.15, 0.2) is 24.3 Å². The Labute approximate surface area is 93.4 Å². The monoisotopic (exact) mass is 227 g/mol. The van der Waals surface area contributed by atoms with Gasteiger partial charge in [-0.2, -0.15) is 0 Å². The Kier molecular flexibility index (Phi) is 5.45. The van der Waals surface area contributed by atoms with Crippen molar-refractivity contribution in [2.24, 2.45) is 0 Å². The largest absolute Gasteiger partial charge is 0.359 e. The first-order valence-electron chi connectivity index (χ1n) is 4.81. The van der Waals surface area contributed by atoms with Crippen molar-refractivity contribution in [2.45, 2.75) is 6.10 Å². The predicted octanol–water partition coefficient (Wildman–Crippen LogP) is 1.23. The van der Waals surface area contributed by atoms with Crippen molar-refractivity contribution >= 4 is 6.41 Å². The third kappa shape index (κ3) is 3.96. The molecule has 0 heterocycles. The molecule has 1 atom stereocenters. The molecule has 0 fully saturated rings. The molecule has 5 heteroatoms. The number of carbonyl (C=O) groups is 1. The highest BCUT2D eigenvalue weighted by molar-refractivity contribution is 5.46. The number of benzene rings is 1. The Morgan fingerprint density at radius 2 is 2.12 bits per heavy atom. The summed E-state index contributed by atoms with van der Waals surface area (Å²) in [6, 6.07) is 5.92. The van der Waals surface area contributed by atoms with Crippen LogP contribution in [0.25, 0.3) is 0 Å². The maximum absolute atomic E-state index is 12.7. The molecule has 16 heavy (non-hydrogen) atoms. The minimum Gasteiger partial charge on any atom is -0.359 e. The van der Waals surface area contributed by atoms with Gasteiger partial charge in [-0.3, -0.25) is 4.79 Å². The molecule has 0 aromatic heterocycles.